The van der Waals surface area contributed by atoms with Crippen LogP contribution in [-0.4, -0.2) is 23.6 Å². The van der Waals surface area contributed by atoms with Crippen LogP contribution in [0.5, 0.6) is 0 Å². The number of nitrogens with one attached hydrogen (secondary N) is 2. The van der Waals surface area contributed by atoms with Gasteiger partial charge in [-0.25, -0.2) is 0 Å². The molecule has 0 spiro atoms. The Morgan fingerprint density at radius 3 is 2.25 bits per heavy atom. The Morgan fingerprint density at radius 1 is 1.00 bits per heavy atom. The lowest BCUT2D eigenvalue weighted by Crippen LogP contribution is -2.36. The van der Waals surface area contributed by atoms with Gasteiger partial charge < -0.3 is 16.4 Å². The molecule has 1 unspecified atom stereocenters. The quantitative estimate of drug-likeness (QED) is 0.675. The first-order valence-corrected chi connectivity index (χ1v) is 8.65. The molecule has 4 N–H and O–H groups in total. The molecule has 24 heavy (non-hydrogen) atoms. The number of anilines is 2. The fourth-order valence-corrected chi connectivity index (χ4v) is 2.97. The monoisotopic (exact) mass is 343 g/mol. The lowest BCUT2D eigenvalue weighted by atomic mass is 10.2. The highest BCUT2D eigenvalue weighted by Gasteiger charge is 2.13. The highest BCUT2D eigenvalue weighted by molar-refractivity contribution is 7.99. The minimum absolute atomic E-state index is 0.0918. The summed E-state index contributed by atoms with van der Waals surface area (Å²) in [5.74, 6) is 0.469. The lowest BCUT2D eigenvalue weighted by molar-refractivity contribution is -0.117. The third-order valence-corrected chi connectivity index (χ3v) is 4.30. The van der Waals surface area contributed by atoms with Gasteiger partial charge in [0.1, 0.15) is 0 Å². The Labute approximate surface area is 146 Å². The van der Waals surface area contributed by atoms with E-state index >= 15 is 0 Å². The third kappa shape index (κ3) is 6.06. The van der Waals surface area contributed by atoms with Gasteiger partial charge in [-0.05, 0) is 48.6 Å². The van der Waals surface area contributed by atoms with Crippen molar-refractivity contribution >= 4 is 35.0 Å². The Hall–Kier alpha value is -2.31. The van der Waals surface area contributed by atoms with Crippen LogP contribution in [0.1, 0.15) is 13.3 Å². The maximum Gasteiger partial charge on any atom is 0.241 e. The molecule has 0 aromatic heterocycles. The van der Waals surface area contributed by atoms with E-state index in [1.807, 2.05) is 54.6 Å². The zero-order valence-corrected chi connectivity index (χ0v) is 14.3. The molecule has 126 valence electrons. The van der Waals surface area contributed by atoms with Gasteiger partial charge in [-0.2, -0.15) is 0 Å². The number of carbonyl (C=O) groups excluding carboxylic acids is 2. The summed E-state index contributed by atoms with van der Waals surface area (Å²) >= 11 is 1.63. The molecule has 6 heteroatoms. The molecule has 0 aliphatic carbocycles. The topological polar surface area (TPSA) is 84.2 Å². The molecule has 0 saturated carbocycles. The second kappa shape index (κ2) is 9.10. The average molecular weight is 343 g/mol. The molecule has 0 heterocycles. The van der Waals surface area contributed by atoms with Crippen LogP contribution < -0.4 is 16.4 Å². The van der Waals surface area contributed by atoms with Crippen LogP contribution in [0.15, 0.2) is 59.5 Å². The number of thioether (sulfide) groups is 1. The van der Waals surface area contributed by atoms with Gasteiger partial charge in [0.25, 0.3) is 0 Å². The molecule has 0 radical (unpaired) electrons. The molecule has 0 aliphatic heterocycles. The summed E-state index contributed by atoms with van der Waals surface area (Å²) in [5.41, 5.74) is 7.45. The zero-order chi connectivity index (χ0) is 17.4. The predicted molar refractivity (Wildman–Crippen MR) is 99.1 cm³/mol. The number of hydrogen-bond donors (Lipinski definition) is 3. The molecule has 0 bridgehead atoms. The highest BCUT2D eigenvalue weighted by atomic mass is 32.2. The average Bonchev–Trinajstić information content (AvgIpc) is 2.56. The summed E-state index contributed by atoms with van der Waals surface area (Å²) in [6.45, 7) is 1.48. The number of carbonyl (C=O) groups is 2. The van der Waals surface area contributed by atoms with Crippen molar-refractivity contribution < 1.29 is 9.59 Å². The predicted octanol–water partition coefficient (Wildman–Crippen LogP) is 3.09. The Morgan fingerprint density at radius 2 is 1.62 bits per heavy atom. The van der Waals surface area contributed by atoms with E-state index in [0.29, 0.717) is 6.42 Å². The van der Waals surface area contributed by atoms with E-state index in [4.69, 9.17) is 5.73 Å². The fourth-order valence-electron chi connectivity index (χ4n) is 2.03. The normalized spacial score (nSPS) is 11.6. The van der Waals surface area contributed by atoms with Crippen molar-refractivity contribution in [2.24, 2.45) is 5.73 Å². The van der Waals surface area contributed by atoms with Gasteiger partial charge in [0.2, 0.25) is 11.8 Å². The minimum atomic E-state index is -0.545. The van der Waals surface area contributed by atoms with E-state index in [9.17, 15) is 9.59 Å². The first kappa shape index (κ1) is 18.0. The van der Waals surface area contributed by atoms with Crippen LogP contribution in [0.2, 0.25) is 0 Å². The van der Waals surface area contributed by atoms with E-state index in [1.165, 1.54) is 6.92 Å². The Kier molecular flexibility index (Phi) is 6.84. The molecule has 2 rings (SSSR count). The van der Waals surface area contributed by atoms with E-state index in [-0.39, 0.29) is 11.8 Å². The highest BCUT2D eigenvalue weighted by Crippen LogP contribution is 2.21. The van der Waals surface area contributed by atoms with Crippen molar-refractivity contribution in [3.05, 3.63) is 54.6 Å². The molecule has 0 fully saturated rings. The maximum atomic E-state index is 12.0. The van der Waals surface area contributed by atoms with Crippen molar-refractivity contribution in [2.75, 3.05) is 16.4 Å². The van der Waals surface area contributed by atoms with Crippen molar-refractivity contribution in [2.45, 2.75) is 24.3 Å². The van der Waals surface area contributed by atoms with Crippen molar-refractivity contribution in [3.8, 4) is 0 Å². The van der Waals surface area contributed by atoms with Gasteiger partial charge in [-0.1, -0.05) is 18.2 Å². The van der Waals surface area contributed by atoms with Crippen molar-refractivity contribution in [1.82, 2.24) is 0 Å². The standard InChI is InChI=1S/C18H21N3O2S/c1-13(22)20-15-7-9-16(10-8-15)24-12-11-17(19)18(23)21-14-5-3-2-4-6-14/h2-10,17H,11-12,19H2,1H3,(H,20,22)(H,21,23). The van der Waals surface area contributed by atoms with Crippen LogP contribution >= 0.6 is 11.8 Å². The molecule has 2 aromatic carbocycles. The van der Waals surface area contributed by atoms with Crippen molar-refractivity contribution in [3.63, 3.8) is 0 Å². The van der Waals surface area contributed by atoms with Crippen LogP contribution in [0, 0.1) is 0 Å². The summed E-state index contributed by atoms with van der Waals surface area (Å²) in [5, 5.41) is 5.53. The van der Waals surface area contributed by atoms with Crippen molar-refractivity contribution in [1.29, 1.82) is 0 Å². The molecular formula is C18H21N3O2S. The maximum absolute atomic E-state index is 12.0. The van der Waals surface area contributed by atoms with Crippen LogP contribution in [-0.2, 0) is 9.59 Å². The smallest absolute Gasteiger partial charge is 0.241 e. The largest absolute Gasteiger partial charge is 0.326 e. The molecule has 2 amide bonds. The second-order valence-electron chi connectivity index (χ2n) is 5.30. The summed E-state index contributed by atoms with van der Waals surface area (Å²) in [6.07, 6.45) is 0.580. The SMILES string of the molecule is CC(=O)Nc1ccc(SCCC(N)C(=O)Nc2ccccc2)cc1. The molecular weight excluding hydrogens is 322 g/mol. The summed E-state index contributed by atoms with van der Waals surface area (Å²) in [4.78, 5) is 24.1. The fraction of sp³-hybridized carbons (Fsp3) is 0.222. The number of benzene rings is 2. The Balaban J connectivity index is 1.74. The van der Waals surface area contributed by atoms with E-state index < -0.39 is 6.04 Å². The number of amides is 2. The molecule has 5 nitrogen and oxygen atoms in total. The second-order valence-corrected chi connectivity index (χ2v) is 6.47. The van der Waals surface area contributed by atoms with Crippen LogP contribution in [0.25, 0.3) is 0 Å². The number of para-hydroxylation sites is 1. The van der Waals surface area contributed by atoms with Gasteiger partial charge in [0, 0.05) is 23.2 Å². The Bertz CT molecular complexity index is 674. The van der Waals surface area contributed by atoms with E-state index in [1.54, 1.807) is 11.8 Å². The minimum Gasteiger partial charge on any atom is -0.326 e. The zero-order valence-electron chi connectivity index (χ0n) is 13.5. The number of nitrogens with two attached hydrogens (primary N) is 1. The molecule has 0 aliphatic rings. The van der Waals surface area contributed by atoms with E-state index in [2.05, 4.69) is 10.6 Å². The lowest BCUT2D eigenvalue weighted by Gasteiger charge is -2.12. The van der Waals surface area contributed by atoms with Gasteiger partial charge >= 0.3 is 0 Å². The first-order valence-electron chi connectivity index (χ1n) is 7.66. The molecule has 0 saturated heterocycles. The van der Waals surface area contributed by atoms with Crippen LogP contribution in [0.4, 0.5) is 11.4 Å². The molecule has 2 aromatic rings. The summed E-state index contributed by atoms with van der Waals surface area (Å²) in [7, 11) is 0. The van der Waals surface area contributed by atoms with Crippen LogP contribution in [0.3, 0.4) is 0 Å². The summed E-state index contributed by atoms with van der Waals surface area (Å²) < 4.78 is 0. The molecule has 1 atom stereocenters. The number of hydrogen-bond acceptors (Lipinski definition) is 4. The van der Waals surface area contributed by atoms with Gasteiger partial charge in [0.05, 0.1) is 6.04 Å². The third-order valence-electron chi connectivity index (χ3n) is 3.25. The first-order chi connectivity index (χ1) is 11.5. The van der Waals surface area contributed by atoms with Gasteiger partial charge in [-0.15, -0.1) is 11.8 Å². The van der Waals surface area contributed by atoms with Gasteiger partial charge in [0.15, 0.2) is 0 Å². The van der Waals surface area contributed by atoms with Gasteiger partial charge in [-0.3, -0.25) is 9.59 Å². The van der Waals surface area contributed by atoms with E-state index in [0.717, 1.165) is 22.0 Å². The number of rotatable bonds is 7. The summed E-state index contributed by atoms with van der Waals surface area (Å²) in [6, 6.07) is 16.3.